The van der Waals surface area contributed by atoms with Crippen LogP contribution < -0.4 is 5.32 Å². The van der Waals surface area contributed by atoms with E-state index in [9.17, 15) is 0 Å². The second-order valence-corrected chi connectivity index (χ2v) is 7.64. The minimum Gasteiger partial charge on any atom is -0.379 e. The molecular weight excluding hydrogens is 264 g/mol. The molecule has 21 heavy (non-hydrogen) atoms. The lowest BCUT2D eigenvalue weighted by atomic mass is 9.93. The van der Waals surface area contributed by atoms with Gasteiger partial charge in [-0.3, -0.25) is 4.90 Å². The van der Waals surface area contributed by atoms with Crippen LogP contribution in [0.2, 0.25) is 0 Å². The van der Waals surface area contributed by atoms with Crippen LogP contribution in [0, 0.1) is 5.92 Å². The summed E-state index contributed by atoms with van der Waals surface area (Å²) in [5, 5.41) is 3.82. The Balaban J connectivity index is 1.83. The van der Waals surface area contributed by atoms with Gasteiger partial charge < -0.3 is 14.8 Å². The van der Waals surface area contributed by atoms with Crippen molar-refractivity contribution in [3.63, 3.8) is 0 Å². The molecule has 2 heterocycles. The van der Waals surface area contributed by atoms with E-state index in [-0.39, 0.29) is 5.60 Å². The summed E-state index contributed by atoms with van der Waals surface area (Å²) in [7, 11) is 0. The molecule has 0 spiro atoms. The second-order valence-electron chi connectivity index (χ2n) is 7.64. The predicted molar refractivity (Wildman–Crippen MR) is 86.7 cm³/mol. The van der Waals surface area contributed by atoms with Gasteiger partial charge in [-0.2, -0.15) is 0 Å². The Bertz CT molecular complexity index is 301. The zero-order chi connectivity index (χ0) is 15.3. The van der Waals surface area contributed by atoms with Crippen LogP contribution in [0.4, 0.5) is 0 Å². The number of rotatable bonds is 6. The zero-order valence-corrected chi connectivity index (χ0v) is 14.4. The quantitative estimate of drug-likeness (QED) is 0.816. The van der Waals surface area contributed by atoms with E-state index in [2.05, 4.69) is 37.9 Å². The van der Waals surface area contributed by atoms with Gasteiger partial charge in [0, 0.05) is 38.3 Å². The van der Waals surface area contributed by atoms with Crippen molar-refractivity contribution < 1.29 is 9.47 Å². The molecule has 4 heteroatoms. The fourth-order valence-corrected chi connectivity index (χ4v) is 3.56. The largest absolute Gasteiger partial charge is 0.379 e. The van der Waals surface area contributed by atoms with E-state index in [0.29, 0.717) is 12.1 Å². The summed E-state index contributed by atoms with van der Waals surface area (Å²) in [6.07, 6.45) is 3.52. The molecule has 2 aliphatic rings. The van der Waals surface area contributed by atoms with Crippen LogP contribution in [0.3, 0.4) is 0 Å². The summed E-state index contributed by atoms with van der Waals surface area (Å²) in [5.41, 5.74) is 0.0302. The van der Waals surface area contributed by atoms with Gasteiger partial charge in [-0.05, 0) is 39.0 Å². The third-order valence-electron chi connectivity index (χ3n) is 4.64. The van der Waals surface area contributed by atoms with Gasteiger partial charge in [-0.15, -0.1) is 0 Å². The average molecular weight is 298 g/mol. The summed E-state index contributed by atoms with van der Waals surface area (Å²) >= 11 is 0. The lowest BCUT2D eigenvalue weighted by Gasteiger charge is -2.39. The van der Waals surface area contributed by atoms with E-state index in [1.165, 1.54) is 6.42 Å². The molecule has 2 unspecified atom stereocenters. The van der Waals surface area contributed by atoms with Crippen molar-refractivity contribution in [1.29, 1.82) is 0 Å². The fourth-order valence-electron chi connectivity index (χ4n) is 3.56. The van der Waals surface area contributed by atoms with Crippen molar-refractivity contribution in [2.24, 2.45) is 5.92 Å². The summed E-state index contributed by atoms with van der Waals surface area (Å²) in [5.74, 6) is 0.741. The normalized spacial score (nSPS) is 28.7. The summed E-state index contributed by atoms with van der Waals surface area (Å²) in [6, 6.07) is 1.24. The third-order valence-corrected chi connectivity index (χ3v) is 4.64. The van der Waals surface area contributed by atoms with Crippen LogP contribution >= 0.6 is 0 Å². The number of nitrogens with one attached hydrogen (secondary N) is 1. The van der Waals surface area contributed by atoms with E-state index in [1.54, 1.807) is 0 Å². The highest BCUT2D eigenvalue weighted by atomic mass is 16.5. The van der Waals surface area contributed by atoms with Crippen LogP contribution in [0.5, 0.6) is 0 Å². The number of nitrogens with zero attached hydrogens (tertiary/aromatic N) is 1. The maximum atomic E-state index is 5.82. The molecule has 2 aliphatic heterocycles. The zero-order valence-electron chi connectivity index (χ0n) is 14.4. The highest BCUT2D eigenvalue weighted by Crippen LogP contribution is 2.24. The first-order valence-electron chi connectivity index (χ1n) is 8.65. The average Bonchev–Trinajstić information content (AvgIpc) is 2.43. The smallest absolute Gasteiger partial charge is 0.0641 e. The van der Waals surface area contributed by atoms with Crippen molar-refractivity contribution in [2.45, 2.75) is 64.6 Å². The molecule has 4 nitrogen and oxygen atoms in total. The van der Waals surface area contributed by atoms with E-state index in [1.807, 2.05) is 0 Å². The van der Waals surface area contributed by atoms with Gasteiger partial charge in [0.1, 0.15) is 0 Å². The van der Waals surface area contributed by atoms with Crippen LogP contribution in [-0.2, 0) is 9.47 Å². The van der Waals surface area contributed by atoms with Gasteiger partial charge in [0.05, 0.1) is 18.8 Å². The standard InChI is InChI=1S/C17H34N2O2/c1-14(2)11-16(19-6-9-20-10-7-19)13-18-15-5-8-21-17(3,4)12-15/h14-16,18H,5-13H2,1-4H3. The van der Waals surface area contributed by atoms with Crippen molar-refractivity contribution in [3.05, 3.63) is 0 Å². The van der Waals surface area contributed by atoms with Gasteiger partial charge >= 0.3 is 0 Å². The number of hydrogen-bond donors (Lipinski definition) is 1. The molecule has 2 rings (SSSR count). The Morgan fingerprint density at radius 3 is 2.52 bits per heavy atom. The van der Waals surface area contributed by atoms with Gasteiger partial charge in [-0.25, -0.2) is 0 Å². The van der Waals surface area contributed by atoms with E-state index in [0.717, 1.165) is 58.2 Å². The van der Waals surface area contributed by atoms with Crippen LogP contribution in [0.1, 0.15) is 47.0 Å². The number of morpholine rings is 1. The molecule has 0 aromatic rings. The topological polar surface area (TPSA) is 33.7 Å². The Kier molecular flexibility index (Phi) is 6.48. The Morgan fingerprint density at radius 1 is 1.19 bits per heavy atom. The summed E-state index contributed by atoms with van der Waals surface area (Å²) in [4.78, 5) is 2.61. The molecule has 0 aromatic carbocycles. The molecule has 1 N–H and O–H groups in total. The Labute approximate surface area is 130 Å². The highest BCUT2D eigenvalue weighted by molar-refractivity contribution is 4.85. The molecule has 0 bridgehead atoms. The van der Waals surface area contributed by atoms with Crippen LogP contribution in [0.15, 0.2) is 0 Å². The van der Waals surface area contributed by atoms with Crippen LogP contribution in [0.25, 0.3) is 0 Å². The summed E-state index contributed by atoms with van der Waals surface area (Å²) < 4.78 is 11.3. The molecule has 0 radical (unpaired) electrons. The molecule has 0 aliphatic carbocycles. The van der Waals surface area contributed by atoms with E-state index < -0.39 is 0 Å². The summed E-state index contributed by atoms with van der Waals surface area (Å²) in [6.45, 7) is 15.0. The minimum atomic E-state index is 0.0302. The van der Waals surface area contributed by atoms with Crippen molar-refractivity contribution in [3.8, 4) is 0 Å². The monoisotopic (exact) mass is 298 g/mol. The van der Waals surface area contributed by atoms with Gasteiger partial charge in [0.15, 0.2) is 0 Å². The Morgan fingerprint density at radius 2 is 1.90 bits per heavy atom. The first kappa shape index (κ1) is 17.2. The number of ether oxygens (including phenoxy) is 2. The van der Waals surface area contributed by atoms with Crippen molar-refractivity contribution >= 4 is 0 Å². The highest BCUT2D eigenvalue weighted by Gasteiger charge is 2.29. The van der Waals surface area contributed by atoms with Crippen molar-refractivity contribution in [1.82, 2.24) is 10.2 Å². The molecule has 2 fully saturated rings. The molecule has 0 saturated carbocycles. The number of hydrogen-bond acceptors (Lipinski definition) is 4. The molecule has 0 amide bonds. The van der Waals surface area contributed by atoms with Crippen LogP contribution in [-0.4, -0.2) is 62.0 Å². The Hall–Kier alpha value is -0.160. The molecule has 124 valence electrons. The lowest BCUT2D eigenvalue weighted by Crippen LogP contribution is -2.52. The van der Waals surface area contributed by atoms with E-state index >= 15 is 0 Å². The van der Waals surface area contributed by atoms with Gasteiger partial charge in [0.25, 0.3) is 0 Å². The molecule has 0 aromatic heterocycles. The second kappa shape index (κ2) is 7.91. The first-order chi connectivity index (χ1) is 9.96. The first-order valence-corrected chi connectivity index (χ1v) is 8.65. The SMILES string of the molecule is CC(C)CC(CNC1CCOC(C)(C)C1)N1CCOCC1. The molecule has 2 saturated heterocycles. The maximum Gasteiger partial charge on any atom is 0.0641 e. The molecular formula is C17H34N2O2. The minimum absolute atomic E-state index is 0.0302. The fraction of sp³-hybridized carbons (Fsp3) is 1.00. The molecule has 2 atom stereocenters. The third kappa shape index (κ3) is 5.85. The lowest BCUT2D eigenvalue weighted by molar-refractivity contribution is -0.0640. The van der Waals surface area contributed by atoms with Gasteiger partial charge in [0.2, 0.25) is 0 Å². The maximum absolute atomic E-state index is 5.82. The predicted octanol–water partition coefficient (Wildman–Crippen LogP) is 2.28. The van der Waals surface area contributed by atoms with Gasteiger partial charge in [-0.1, -0.05) is 13.8 Å². The van der Waals surface area contributed by atoms with Crippen molar-refractivity contribution in [2.75, 3.05) is 39.5 Å². The van der Waals surface area contributed by atoms with E-state index in [4.69, 9.17) is 9.47 Å².